The molecule has 0 aromatic carbocycles. The van der Waals surface area contributed by atoms with Crippen LogP contribution in [-0.2, 0) is 9.53 Å². The van der Waals surface area contributed by atoms with Crippen LogP contribution in [0.1, 0.15) is 59.3 Å². The van der Waals surface area contributed by atoms with Gasteiger partial charge < -0.3 is 14.9 Å². The minimum Gasteiger partial charge on any atom is -0.481 e. The maximum atomic E-state index is 11.0. The molecule has 104 valence electrons. The van der Waals surface area contributed by atoms with Gasteiger partial charge in [-0.3, -0.25) is 4.79 Å². The molecule has 0 heterocycles. The van der Waals surface area contributed by atoms with Gasteiger partial charge in [-0.25, -0.2) is 0 Å². The number of rotatable bonds is 3. The fraction of sp³-hybridized carbons (Fsp3) is 0.846. The molecule has 0 bridgehead atoms. The summed E-state index contributed by atoms with van der Waals surface area (Å²) >= 11 is 0. The third kappa shape index (κ3) is 4.94. The zero-order valence-corrected chi connectivity index (χ0v) is 11.5. The Labute approximate surface area is 108 Å². The highest BCUT2D eigenvalue weighted by molar-refractivity contribution is 5.68. The fourth-order valence-electron chi connectivity index (χ4n) is 2.41. The number of nitrogens with one attached hydrogen (secondary N) is 1. The van der Waals surface area contributed by atoms with E-state index in [1.165, 1.54) is 0 Å². The van der Waals surface area contributed by atoms with Crippen molar-refractivity contribution in [2.24, 2.45) is 0 Å². The van der Waals surface area contributed by atoms with Crippen molar-refractivity contribution in [2.45, 2.75) is 70.4 Å². The van der Waals surface area contributed by atoms with Gasteiger partial charge in [0.15, 0.2) is 5.54 Å². The molecule has 0 amide bonds. The number of carbonyl (C=O) groups is 1. The van der Waals surface area contributed by atoms with E-state index < -0.39 is 17.1 Å². The molecule has 0 radical (unpaired) electrons. The van der Waals surface area contributed by atoms with Gasteiger partial charge in [-0.1, -0.05) is 6.42 Å². The summed E-state index contributed by atoms with van der Waals surface area (Å²) in [5.41, 5.74) is -1.07. The second kappa shape index (κ2) is 5.59. The van der Waals surface area contributed by atoms with Crippen molar-refractivity contribution >= 4 is 12.1 Å². The second-order valence-electron chi connectivity index (χ2n) is 6.06. The van der Waals surface area contributed by atoms with Crippen molar-refractivity contribution in [1.29, 1.82) is 0 Å². The lowest BCUT2D eigenvalue weighted by molar-refractivity contribution is -0.576. The van der Waals surface area contributed by atoms with E-state index in [0.717, 1.165) is 32.1 Å². The molecule has 5 nitrogen and oxygen atoms in total. The molecule has 1 fully saturated rings. The molecule has 1 aliphatic carbocycles. The van der Waals surface area contributed by atoms with Gasteiger partial charge >= 0.3 is 12.1 Å². The van der Waals surface area contributed by atoms with Crippen molar-refractivity contribution in [2.75, 3.05) is 0 Å². The van der Waals surface area contributed by atoms with Gasteiger partial charge in [0.25, 0.3) is 0 Å². The third-order valence-electron chi connectivity index (χ3n) is 3.08. The molecule has 0 aliphatic heterocycles. The van der Waals surface area contributed by atoms with E-state index in [1.807, 2.05) is 20.8 Å². The standard InChI is InChI=1S/C13H23NO4/c1-12(2,3)18-11(17)14-13(9-10(15)16)7-5-4-6-8-13/h4-9H2,1-3H3,(H,14,17)(H,15,16)/p+1. The normalized spacial score (nSPS) is 20.5. The lowest BCUT2D eigenvalue weighted by atomic mass is 9.80. The second-order valence-corrected chi connectivity index (χ2v) is 6.06. The zero-order valence-electron chi connectivity index (χ0n) is 11.5. The van der Waals surface area contributed by atoms with Gasteiger partial charge in [0.2, 0.25) is 0 Å². The van der Waals surface area contributed by atoms with Crippen LogP contribution in [0.2, 0.25) is 0 Å². The van der Waals surface area contributed by atoms with E-state index >= 15 is 0 Å². The average Bonchev–Trinajstić information content (AvgIpc) is 2.13. The molecule has 0 aromatic rings. The van der Waals surface area contributed by atoms with E-state index in [0.29, 0.717) is 0 Å². The van der Waals surface area contributed by atoms with Gasteiger partial charge in [0, 0.05) is 12.8 Å². The number of aliphatic carboxylic acids is 1. The van der Waals surface area contributed by atoms with Crippen molar-refractivity contribution in [1.82, 2.24) is 0 Å². The first-order valence-electron chi connectivity index (χ1n) is 6.47. The Kier molecular flexibility index (Phi) is 4.59. The molecule has 3 N–H and O–H groups in total. The van der Waals surface area contributed by atoms with Gasteiger partial charge in [-0.15, -0.1) is 0 Å². The summed E-state index contributed by atoms with van der Waals surface area (Å²) in [6.07, 6.45) is 4.29. The largest absolute Gasteiger partial charge is 0.546 e. The number of ether oxygens (including phenoxy) is 1. The molecule has 0 spiro atoms. The lowest BCUT2D eigenvalue weighted by Crippen LogP contribution is -2.89. The molecule has 1 saturated carbocycles. The Hall–Kier alpha value is -1.26. The summed E-state index contributed by atoms with van der Waals surface area (Å²) in [6, 6.07) is 0. The van der Waals surface area contributed by atoms with Crippen LogP contribution < -0.4 is 4.99 Å². The maximum absolute atomic E-state index is 11.0. The number of aliphatic hydroxyl groups excluding tert-OH is 1. The highest BCUT2D eigenvalue weighted by Crippen LogP contribution is 2.27. The Bertz CT molecular complexity index is 324. The SMILES string of the molecule is CC(C)(C)OC(O)=[NH+]C1(CC(=O)O)CCCCC1. The third-order valence-corrected chi connectivity index (χ3v) is 3.08. The van der Waals surface area contributed by atoms with Crippen LogP contribution in [0.25, 0.3) is 0 Å². The molecule has 0 aromatic heterocycles. The minimum atomic E-state index is -0.854. The Morgan fingerprint density at radius 3 is 2.22 bits per heavy atom. The number of hydrogen-bond acceptors (Lipinski definition) is 2. The first kappa shape index (κ1) is 14.8. The lowest BCUT2D eigenvalue weighted by Gasteiger charge is -2.27. The smallest absolute Gasteiger partial charge is 0.481 e. The summed E-state index contributed by atoms with van der Waals surface area (Å²) < 4.78 is 5.32. The first-order chi connectivity index (χ1) is 8.22. The molecule has 5 heteroatoms. The first-order valence-corrected chi connectivity index (χ1v) is 6.47. The molecular weight excluding hydrogens is 234 g/mol. The van der Waals surface area contributed by atoms with Gasteiger partial charge in [0.05, 0.1) is 0 Å². The maximum Gasteiger partial charge on any atom is 0.546 e. The molecular formula is C13H24NO4+. The number of aliphatic hydroxyl groups is 1. The van der Waals surface area contributed by atoms with E-state index in [4.69, 9.17) is 9.84 Å². The summed E-state index contributed by atoms with van der Waals surface area (Å²) in [6.45, 7) is 5.49. The van der Waals surface area contributed by atoms with Crippen LogP contribution in [0.4, 0.5) is 0 Å². The average molecular weight is 258 g/mol. The summed E-state index contributed by atoms with van der Waals surface area (Å²) in [4.78, 5) is 13.9. The topological polar surface area (TPSA) is 80.7 Å². The van der Waals surface area contributed by atoms with Crippen molar-refractivity contribution < 1.29 is 24.7 Å². The number of carboxylic acids is 1. The summed E-state index contributed by atoms with van der Waals surface area (Å²) in [5, 5.41) is 18.8. The number of hydrogen-bond donors (Lipinski definition) is 3. The Morgan fingerprint density at radius 1 is 1.22 bits per heavy atom. The van der Waals surface area contributed by atoms with E-state index in [-0.39, 0.29) is 12.5 Å². The van der Waals surface area contributed by atoms with Crippen LogP contribution in [0.5, 0.6) is 0 Å². The minimum absolute atomic E-state index is 0.00453. The zero-order chi connectivity index (χ0) is 13.8. The summed E-state index contributed by atoms with van der Waals surface area (Å²) in [7, 11) is 0. The van der Waals surface area contributed by atoms with Gasteiger partial charge in [-0.05, 0) is 33.6 Å². The molecule has 18 heavy (non-hydrogen) atoms. The molecule has 0 atom stereocenters. The van der Waals surface area contributed by atoms with Crippen LogP contribution >= 0.6 is 0 Å². The van der Waals surface area contributed by atoms with Crippen LogP contribution in [0.3, 0.4) is 0 Å². The number of carboxylic acid groups (broad SMARTS) is 1. The van der Waals surface area contributed by atoms with Crippen molar-refractivity contribution in [3.63, 3.8) is 0 Å². The highest BCUT2D eigenvalue weighted by Gasteiger charge is 2.41. The van der Waals surface area contributed by atoms with Gasteiger partial charge in [0.1, 0.15) is 12.0 Å². The van der Waals surface area contributed by atoms with E-state index in [9.17, 15) is 9.90 Å². The molecule has 0 saturated heterocycles. The Balaban J connectivity index is 2.83. The fourth-order valence-corrected chi connectivity index (χ4v) is 2.41. The van der Waals surface area contributed by atoms with Crippen LogP contribution in [-0.4, -0.2) is 33.4 Å². The van der Waals surface area contributed by atoms with Gasteiger partial charge in [-0.2, -0.15) is 4.99 Å². The summed E-state index contributed by atoms with van der Waals surface area (Å²) in [5.74, 6) is -0.854. The van der Waals surface area contributed by atoms with Crippen LogP contribution in [0, 0.1) is 0 Å². The molecule has 1 rings (SSSR count). The molecule has 1 aliphatic rings. The van der Waals surface area contributed by atoms with Crippen LogP contribution in [0.15, 0.2) is 0 Å². The van der Waals surface area contributed by atoms with Crippen molar-refractivity contribution in [3.8, 4) is 0 Å². The highest BCUT2D eigenvalue weighted by atomic mass is 16.6. The van der Waals surface area contributed by atoms with Crippen molar-refractivity contribution in [3.05, 3.63) is 0 Å². The molecule has 0 unspecified atom stereocenters. The van der Waals surface area contributed by atoms with E-state index in [2.05, 4.69) is 4.99 Å². The monoisotopic (exact) mass is 258 g/mol. The predicted octanol–water partition coefficient (Wildman–Crippen LogP) is 0.974. The quantitative estimate of drug-likeness (QED) is 0.520. The predicted molar refractivity (Wildman–Crippen MR) is 67.5 cm³/mol. The Morgan fingerprint density at radius 2 is 1.78 bits per heavy atom. The van der Waals surface area contributed by atoms with E-state index in [1.54, 1.807) is 0 Å².